The van der Waals surface area contributed by atoms with E-state index in [0.717, 1.165) is 11.4 Å². The molecule has 1 atom stereocenters. The second-order valence-corrected chi connectivity index (χ2v) is 4.42. The van der Waals surface area contributed by atoms with E-state index in [1.165, 1.54) is 0 Å². The molecule has 1 rings (SSSR count). The maximum Gasteiger partial charge on any atom is 0.227 e. The number of ether oxygens (including phenoxy) is 1. The van der Waals surface area contributed by atoms with Crippen LogP contribution >= 0.6 is 0 Å². The molecule has 0 heterocycles. The Bertz CT molecular complexity index is 376. The molecule has 1 unspecified atom stereocenters. The van der Waals surface area contributed by atoms with Crippen LogP contribution in [0, 0.1) is 5.92 Å². The largest absolute Gasteiger partial charge is 0.494 e. The van der Waals surface area contributed by atoms with Crippen LogP contribution in [0.15, 0.2) is 24.3 Å². The van der Waals surface area contributed by atoms with Crippen LogP contribution in [-0.4, -0.2) is 26.1 Å². The Kier molecular flexibility index (Phi) is 5.65. The van der Waals surface area contributed by atoms with E-state index in [-0.39, 0.29) is 11.8 Å². The molecule has 1 aromatic rings. The zero-order valence-corrected chi connectivity index (χ0v) is 11.3. The summed E-state index contributed by atoms with van der Waals surface area (Å²) in [6.45, 7) is 5.09. The van der Waals surface area contributed by atoms with Crippen LogP contribution < -0.4 is 15.4 Å². The number of carbonyl (C=O) groups is 1. The highest BCUT2D eigenvalue weighted by Gasteiger charge is 2.13. The summed E-state index contributed by atoms with van der Waals surface area (Å²) in [4.78, 5) is 13.6. The van der Waals surface area contributed by atoms with Crippen molar-refractivity contribution in [3.8, 4) is 5.75 Å². The number of benzene rings is 1. The van der Waals surface area contributed by atoms with Crippen molar-refractivity contribution in [2.45, 2.75) is 20.3 Å². The molecule has 1 amide bonds. The van der Waals surface area contributed by atoms with Gasteiger partial charge in [-0.15, -0.1) is 0 Å². The third-order valence-electron chi connectivity index (χ3n) is 2.83. The highest BCUT2D eigenvalue weighted by Crippen LogP contribution is 2.19. The minimum absolute atomic E-state index is 0.0807. The Morgan fingerprint density at radius 1 is 1.39 bits per heavy atom. The molecular formula is C14H22N2O2. The predicted molar refractivity (Wildman–Crippen MR) is 73.9 cm³/mol. The highest BCUT2D eigenvalue weighted by atomic mass is 16.5. The second kappa shape index (κ2) is 7.01. The SMILES string of the molecule is CCOc1ccc(N(C)C(=O)CC(C)CN)cc1. The van der Waals surface area contributed by atoms with Gasteiger partial charge in [-0.05, 0) is 43.7 Å². The lowest BCUT2D eigenvalue weighted by atomic mass is 10.1. The Balaban J connectivity index is 2.65. The van der Waals surface area contributed by atoms with Gasteiger partial charge < -0.3 is 15.4 Å². The molecule has 0 fully saturated rings. The maximum atomic E-state index is 12.0. The van der Waals surface area contributed by atoms with E-state index in [4.69, 9.17) is 10.5 Å². The van der Waals surface area contributed by atoms with Crippen molar-refractivity contribution in [3.05, 3.63) is 24.3 Å². The fourth-order valence-electron chi connectivity index (χ4n) is 1.59. The minimum atomic E-state index is 0.0807. The normalized spacial score (nSPS) is 12.0. The molecule has 0 saturated heterocycles. The quantitative estimate of drug-likeness (QED) is 0.840. The maximum absolute atomic E-state index is 12.0. The van der Waals surface area contributed by atoms with Crippen LogP contribution in [0.4, 0.5) is 5.69 Å². The summed E-state index contributed by atoms with van der Waals surface area (Å²) in [5, 5.41) is 0. The van der Waals surface area contributed by atoms with E-state index in [0.29, 0.717) is 19.6 Å². The van der Waals surface area contributed by atoms with Gasteiger partial charge in [0.05, 0.1) is 6.61 Å². The van der Waals surface area contributed by atoms with Gasteiger partial charge in [-0.3, -0.25) is 4.79 Å². The number of hydrogen-bond donors (Lipinski definition) is 1. The van der Waals surface area contributed by atoms with Crippen LogP contribution in [-0.2, 0) is 4.79 Å². The number of hydrogen-bond acceptors (Lipinski definition) is 3. The topological polar surface area (TPSA) is 55.6 Å². The van der Waals surface area contributed by atoms with Gasteiger partial charge >= 0.3 is 0 Å². The third-order valence-corrected chi connectivity index (χ3v) is 2.83. The van der Waals surface area contributed by atoms with Crippen molar-refractivity contribution in [1.82, 2.24) is 0 Å². The van der Waals surface area contributed by atoms with E-state index in [1.54, 1.807) is 11.9 Å². The molecule has 0 aliphatic rings. The zero-order valence-electron chi connectivity index (χ0n) is 11.3. The van der Waals surface area contributed by atoms with Crippen LogP contribution in [0.2, 0.25) is 0 Å². The van der Waals surface area contributed by atoms with Crippen molar-refractivity contribution in [2.75, 3.05) is 25.1 Å². The Morgan fingerprint density at radius 2 is 2.00 bits per heavy atom. The van der Waals surface area contributed by atoms with Crippen LogP contribution in [0.3, 0.4) is 0 Å². The summed E-state index contributed by atoms with van der Waals surface area (Å²) >= 11 is 0. The molecule has 0 saturated carbocycles. The van der Waals surface area contributed by atoms with E-state index < -0.39 is 0 Å². The molecule has 0 bridgehead atoms. The average molecular weight is 250 g/mol. The van der Waals surface area contributed by atoms with Crippen molar-refractivity contribution >= 4 is 11.6 Å². The first-order valence-corrected chi connectivity index (χ1v) is 6.28. The van der Waals surface area contributed by atoms with Gasteiger partial charge in [0, 0.05) is 19.2 Å². The first-order chi connectivity index (χ1) is 8.58. The van der Waals surface area contributed by atoms with Gasteiger partial charge in [0.25, 0.3) is 0 Å². The molecule has 18 heavy (non-hydrogen) atoms. The number of nitrogens with zero attached hydrogens (tertiary/aromatic N) is 1. The zero-order chi connectivity index (χ0) is 13.5. The lowest BCUT2D eigenvalue weighted by Crippen LogP contribution is -2.29. The first-order valence-electron chi connectivity index (χ1n) is 6.28. The van der Waals surface area contributed by atoms with E-state index in [2.05, 4.69) is 0 Å². The molecule has 100 valence electrons. The molecule has 1 aromatic carbocycles. The molecule has 0 aromatic heterocycles. The smallest absolute Gasteiger partial charge is 0.227 e. The summed E-state index contributed by atoms with van der Waals surface area (Å²) in [6, 6.07) is 7.51. The number of rotatable bonds is 6. The Hall–Kier alpha value is -1.55. The number of amides is 1. The van der Waals surface area contributed by atoms with Crippen molar-refractivity contribution in [3.63, 3.8) is 0 Å². The van der Waals surface area contributed by atoms with E-state index in [9.17, 15) is 4.79 Å². The third kappa shape index (κ3) is 4.04. The molecule has 4 heteroatoms. The molecule has 0 aliphatic carbocycles. The van der Waals surface area contributed by atoms with E-state index >= 15 is 0 Å². The molecule has 0 spiro atoms. The summed E-state index contributed by atoms with van der Waals surface area (Å²) in [5.41, 5.74) is 6.39. The van der Waals surface area contributed by atoms with Crippen LogP contribution in [0.25, 0.3) is 0 Å². The predicted octanol–water partition coefficient (Wildman–Crippen LogP) is 2.03. The standard InChI is InChI=1S/C14H22N2O2/c1-4-18-13-7-5-12(6-8-13)16(3)14(17)9-11(2)10-15/h5-8,11H,4,9-10,15H2,1-3H3. The van der Waals surface area contributed by atoms with Crippen molar-refractivity contribution in [2.24, 2.45) is 11.7 Å². The molecule has 4 nitrogen and oxygen atoms in total. The van der Waals surface area contributed by atoms with Gasteiger partial charge in [-0.2, -0.15) is 0 Å². The lowest BCUT2D eigenvalue weighted by Gasteiger charge is -2.19. The van der Waals surface area contributed by atoms with Crippen molar-refractivity contribution < 1.29 is 9.53 Å². The molecule has 2 N–H and O–H groups in total. The minimum Gasteiger partial charge on any atom is -0.494 e. The van der Waals surface area contributed by atoms with Crippen molar-refractivity contribution in [1.29, 1.82) is 0 Å². The second-order valence-electron chi connectivity index (χ2n) is 4.42. The number of carbonyl (C=O) groups excluding carboxylic acids is 1. The van der Waals surface area contributed by atoms with E-state index in [1.807, 2.05) is 38.1 Å². The summed E-state index contributed by atoms with van der Waals surface area (Å²) < 4.78 is 5.36. The fraction of sp³-hybridized carbons (Fsp3) is 0.500. The van der Waals surface area contributed by atoms with Gasteiger partial charge in [0.1, 0.15) is 5.75 Å². The highest BCUT2D eigenvalue weighted by molar-refractivity contribution is 5.92. The summed E-state index contributed by atoms with van der Waals surface area (Å²) in [7, 11) is 1.78. The number of nitrogens with two attached hydrogens (primary N) is 1. The Labute approximate surface area is 109 Å². The van der Waals surface area contributed by atoms with Gasteiger partial charge in [-0.25, -0.2) is 0 Å². The van der Waals surface area contributed by atoms with Crippen LogP contribution in [0.5, 0.6) is 5.75 Å². The average Bonchev–Trinajstić information content (AvgIpc) is 2.39. The fourth-order valence-corrected chi connectivity index (χ4v) is 1.59. The first kappa shape index (κ1) is 14.5. The van der Waals surface area contributed by atoms with Gasteiger partial charge in [-0.1, -0.05) is 6.92 Å². The monoisotopic (exact) mass is 250 g/mol. The lowest BCUT2D eigenvalue weighted by molar-refractivity contribution is -0.119. The van der Waals surface area contributed by atoms with Gasteiger partial charge in [0.2, 0.25) is 5.91 Å². The summed E-state index contributed by atoms with van der Waals surface area (Å²) in [5.74, 6) is 1.11. The number of anilines is 1. The summed E-state index contributed by atoms with van der Waals surface area (Å²) in [6.07, 6.45) is 0.472. The molecule has 0 radical (unpaired) electrons. The molecular weight excluding hydrogens is 228 g/mol. The van der Waals surface area contributed by atoms with Crippen LogP contribution in [0.1, 0.15) is 20.3 Å². The Morgan fingerprint density at radius 3 is 2.50 bits per heavy atom. The van der Waals surface area contributed by atoms with Gasteiger partial charge in [0.15, 0.2) is 0 Å². The molecule has 0 aliphatic heterocycles.